The number of benzene rings is 2. The highest BCUT2D eigenvalue weighted by atomic mass is 35.5. The molecule has 5 aromatic rings. The van der Waals surface area contributed by atoms with Crippen LogP contribution in [0, 0.1) is 0 Å². The van der Waals surface area contributed by atoms with E-state index in [2.05, 4.69) is 20.1 Å². The van der Waals surface area contributed by atoms with Gasteiger partial charge in [0.25, 0.3) is 5.56 Å². The molecule has 6 rings (SSSR count). The van der Waals surface area contributed by atoms with Crippen molar-refractivity contribution >= 4 is 40.5 Å². The number of anilines is 1. The Labute approximate surface area is 226 Å². The summed E-state index contributed by atoms with van der Waals surface area (Å²) < 4.78 is 1.75. The fraction of sp³-hybridized carbons (Fsp3) is 0.111. The van der Waals surface area contributed by atoms with Gasteiger partial charge in [0.15, 0.2) is 0 Å². The number of carboxylic acids is 1. The number of hydrogen-bond donors (Lipinski definition) is 5. The number of rotatable bonds is 6. The standard InChI is InChI=1S/C27H23ClN8O3/c28-16-2-5-23(35(30)13-33-29)18(10-16)15-7-17-3-6-24(36(17)25(37)9-15)26-32-12-22(34-26)14-1-4-21-19(8-14)20(11-31-21)27(38)39/h1-2,4-5,7-13,24,31H,3,6,29-30H2,(H,32,34)(H,38,39)/b33-13-/t24-/m0/s1. The van der Waals surface area contributed by atoms with E-state index in [0.717, 1.165) is 22.5 Å². The Hall–Kier alpha value is -4.87. The quantitative estimate of drug-likeness (QED) is 0.0937. The minimum atomic E-state index is -0.999. The van der Waals surface area contributed by atoms with Crippen LogP contribution in [0.25, 0.3) is 33.3 Å². The summed E-state index contributed by atoms with van der Waals surface area (Å²) in [6.45, 7) is 0. The first kappa shape index (κ1) is 24.5. The van der Waals surface area contributed by atoms with Gasteiger partial charge >= 0.3 is 5.97 Å². The molecule has 1 aliphatic rings. The van der Waals surface area contributed by atoms with Crippen LogP contribution >= 0.6 is 11.6 Å². The summed E-state index contributed by atoms with van der Waals surface area (Å²) in [4.78, 5) is 35.9. The molecule has 39 heavy (non-hydrogen) atoms. The third-order valence-corrected chi connectivity index (χ3v) is 7.24. The van der Waals surface area contributed by atoms with Gasteiger partial charge in [0.1, 0.15) is 12.2 Å². The summed E-state index contributed by atoms with van der Waals surface area (Å²) in [5.74, 6) is 11.0. The van der Waals surface area contributed by atoms with Crippen molar-refractivity contribution in [3.63, 3.8) is 0 Å². The first-order valence-corrected chi connectivity index (χ1v) is 12.4. The van der Waals surface area contributed by atoms with Gasteiger partial charge in [-0.3, -0.25) is 9.80 Å². The normalized spacial score (nSPS) is 14.8. The molecule has 2 aromatic carbocycles. The maximum Gasteiger partial charge on any atom is 0.337 e. The van der Waals surface area contributed by atoms with Gasteiger partial charge in [0, 0.05) is 45.0 Å². The van der Waals surface area contributed by atoms with Gasteiger partial charge in [-0.1, -0.05) is 17.7 Å². The summed E-state index contributed by atoms with van der Waals surface area (Å²) in [5, 5.41) is 15.3. The van der Waals surface area contributed by atoms with E-state index in [1.54, 1.807) is 35.0 Å². The van der Waals surface area contributed by atoms with Gasteiger partial charge in [-0.15, -0.1) is 0 Å². The Bertz CT molecular complexity index is 1840. The molecule has 1 aliphatic heterocycles. The van der Waals surface area contributed by atoms with Crippen molar-refractivity contribution in [3.05, 3.63) is 93.4 Å². The molecule has 0 fully saturated rings. The number of halogens is 1. The Morgan fingerprint density at radius 2 is 2.05 bits per heavy atom. The number of nitrogens with one attached hydrogen (secondary N) is 2. The zero-order valence-corrected chi connectivity index (χ0v) is 21.2. The second-order valence-corrected chi connectivity index (χ2v) is 9.72. The summed E-state index contributed by atoms with van der Waals surface area (Å²) in [6.07, 6.45) is 5.82. The van der Waals surface area contributed by atoms with Crippen LogP contribution in [0.1, 0.15) is 34.3 Å². The van der Waals surface area contributed by atoms with Gasteiger partial charge in [-0.25, -0.2) is 15.6 Å². The van der Waals surface area contributed by atoms with Crippen molar-refractivity contribution < 1.29 is 9.90 Å². The fourth-order valence-electron chi connectivity index (χ4n) is 5.23. The summed E-state index contributed by atoms with van der Waals surface area (Å²) >= 11 is 6.27. The number of carboxylic acid groups (broad SMARTS) is 1. The molecule has 0 aliphatic carbocycles. The van der Waals surface area contributed by atoms with E-state index in [-0.39, 0.29) is 17.2 Å². The molecule has 1 atom stereocenters. The fourth-order valence-corrected chi connectivity index (χ4v) is 5.40. The van der Waals surface area contributed by atoms with E-state index in [4.69, 9.17) is 23.3 Å². The molecule has 0 saturated heterocycles. The van der Waals surface area contributed by atoms with Crippen LogP contribution in [0.4, 0.5) is 5.69 Å². The lowest BCUT2D eigenvalue weighted by molar-refractivity contribution is 0.0699. The smallest absolute Gasteiger partial charge is 0.337 e. The highest BCUT2D eigenvalue weighted by Gasteiger charge is 2.28. The van der Waals surface area contributed by atoms with Crippen LogP contribution in [0.5, 0.6) is 0 Å². The molecule has 0 spiro atoms. The maximum atomic E-state index is 13.4. The van der Waals surface area contributed by atoms with E-state index >= 15 is 0 Å². The zero-order chi connectivity index (χ0) is 27.3. The predicted octanol–water partition coefficient (Wildman–Crippen LogP) is 3.86. The SMILES string of the molecule is N/N=C\N(N)c1ccc(Cl)cc1-c1cc2n(c(=O)c1)[C@H](c1ncc(-c3ccc4[nH]cc(C(=O)O)c4c3)[nH]1)CC2. The third kappa shape index (κ3) is 4.23. The number of aromatic carboxylic acids is 1. The summed E-state index contributed by atoms with van der Waals surface area (Å²) in [5.41, 5.74) is 5.10. The lowest BCUT2D eigenvalue weighted by Gasteiger charge is -2.18. The van der Waals surface area contributed by atoms with Crippen molar-refractivity contribution in [2.24, 2.45) is 16.8 Å². The van der Waals surface area contributed by atoms with Crippen molar-refractivity contribution in [2.45, 2.75) is 18.9 Å². The molecule has 0 radical (unpaired) electrons. The second-order valence-electron chi connectivity index (χ2n) is 9.28. The molecule has 7 N–H and O–H groups in total. The number of carbonyl (C=O) groups is 1. The number of pyridine rings is 1. The Kier molecular flexibility index (Phi) is 5.93. The van der Waals surface area contributed by atoms with Crippen LogP contribution in [0.3, 0.4) is 0 Å². The van der Waals surface area contributed by atoms with E-state index in [0.29, 0.717) is 45.9 Å². The first-order chi connectivity index (χ1) is 18.8. The molecular formula is C27H23ClN8O3. The topological polar surface area (TPSA) is 171 Å². The van der Waals surface area contributed by atoms with E-state index in [9.17, 15) is 14.7 Å². The molecule has 11 nitrogen and oxygen atoms in total. The minimum Gasteiger partial charge on any atom is -0.478 e. The second kappa shape index (κ2) is 9.46. The number of aromatic amines is 2. The number of hydrogen-bond acceptors (Lipinski definition) is 6. The molecule has 196 valence electrons. The highest BCUT2D eigenvalue weighted by Crippen LogP contribution is 2.36. The first-order valence-electron chi connectivity index (χ1n) is 12.1. The monoisotopic (exact) mass is 542 g/mol. The number of imidazole rings is 1. The third-order valence-electron chi connectivity index (χ3n) is 7.01. The molecule has 4 heterocycles. The van der Waals surface area contributed by atoms with E-state index in [1.807, 2.05) is 24.3 Å². The average Bonchev–Trinajstić information content (AvgIpc) is 3.66. The minimum absolute atomic E-state index is 0.176. The number of hydrazone groups is 1. The Morgan fingerprint density at radius 3 is 2.85 bits per heavy atom. The average molecular weight is 543 g/mol. The lowest BCUT2D eigenvalue weighted by Crippen LogP contribution is -2.30. The number of hydrazine groups is 1. The van der Waals surface area contributed by atoms with Crippen LogP contribution in [-0.2, 0) is 6.42 Å². The van der Waals surface area contributed by atoms with Gasteiger partial charge in [-0.05, 0) is 54.8 Å². The molecule has 0 unspecified atom stereocenters. The molecule has 3 aromatic heterocycles. The van der Waals surface area contributed by atoms with E-state index in [1.165, 1.54) is 17.5 Å². The van der Waals surface area contributed by atoms with Crippen LogP contribution in [-0.4, -0.2) is 36.9 Å². The summed E-state index contributed by atoms with van der Waals surface area (Å²) in [6, 6.07) is 14.0. The maximum absolute atomic E-state index is 13.4. The van der Waals surface area contributed by atoms with Crippen molar-refractivity contribution in [2.75, 3.05) is 5.01 Å². The van der Waals surface area contributed by atoms with Gasteiger partial charge in [0.2, 0.25) is 0 Å². The highest BCUT2D eigenvalue weighted by molar-refractivity contribution is 6.31. The molecular weight excluding hydrogens is 520 g/mol. The van der Waals surface area contributed by atoms with Crippen molar-refractivity contribution in [1.29, 1.82) is 0 Å². The van der Waals surface area contributed by atoms with Crippen molar-refractivity contribution in [3.8, 4) is 22.4 Å². The van der Waals surface area contributed by atoms with Crippen LogP contribution in [0.15, 0.2) is 70.8 Å². The largest absolute Gasteiger partial charge is 0.478 e. The van der Waals surface area contributed by atoms with Gasteiger partial charge < -0.3 is 25.5 Å². The Balaban J connectivity index is 1.36. The molecule has 0 bridgehead atoms. The number of aryl methyl sites for hydroxylation is 1. The zero-order valence-electron chi connectivity index (χ0n) is 20.4. The molecule has 0 saturated carbocycles. The Morgan fingerprint density at radius 1 is 1.21 bits per heavy atom. The van der Waals surface area contributed by atoms with Gasteiger partial charge in [0.05, 0.1) is 29.2 Å². The number of nitrogens with two attached hydrogens (primary N) is 2. The molecule has 12 heteroatoms. The summed E-state index contributed by atoms with van der Waals surface area (Å²) in [7, 11) is 0. The van der Waals surface area contributed by atoms with Gasteiger partial charge in [-0.2, -0.15) is 5.10 Å². The number of aromatic nitrogens is 4. The molecule has 0 amide bonds. The van der Waals surface area contributed by atoms with Crippen LogP contribution in [0.2, 0.25) is 5.02 Å². The van der Waals surface area contributed by atoms with Crippen molar-refractivity contribution in [1.82, 2.24) is 19.5 Å². The number of fused-ring (bicyclic) bond motifs is 2. The number of nitrogens with zero attached hydrogens (tertiary/aromatic N) is 4. The number of H-pyrrole nitrogens is 2. The lowest BCUT2D eigenvalue weighted by atomic mass is 10.0. The van der Waals surface area contributed by atoms with E-state index < -0.39 is 5.97 Å². The predicted molar refractivity (Wildman–Crippen MR) is 150 cm³/mol. The van der Waals surface area contributed by atoms with Crippen LogP contribution < -0.4 is 22.3 Å².